The number of ether oxygens (including phenoxy) is 1. The first-order chi connectivity index (χ1) is 8.72. The minimum atomic E-state index is 0.297. The SMILES string of the molecule is CCc1ccc(C(C)Nc2ccc(OC)nc2)s1. The van der Waals surface area contributed by atoms with E-state index < -0.39 is 0 Å². The minimum Gasteiger partial charge on any atom is -0.481 e. The van der Waals surface area contributed by atoms with E-state index in [1.807, 2.05) is 23.5 Å². The molecule has 96 valence electrons. The maximum absolute atomic E-state index is 5.04. The summed E-state index contributed by atoms with van der Waals surface area (Å²) in [7, 11) is 1.62. The zero-order valence-corrected chi connectivity index (χ0v) is 11.8. The third-order valence-electron chi connectivity index (χ3n) is 2.79. The molecule has 3 nitrogen and oxygen atoms in total. The highest BCUT2D eigenvalue weighted by Gasteiger charge is 2.08. The van der Waals surface area contributed by atoms with E-state index in [1.54, 1.807) is 13.3 Å². The Kier molecular flexibility index (Phi) is 4.20. The lowest BCUT2D eigenvalue weighted by Crippen LogP contribution is -2.05. The molecule has 1 atom stereocenters. The fourth-order valence-electron chi connectivity index (χ4n) is 1.72. The summed E-state index contributed by atoms with van der Waals surface area (Å²) < 4.78 is 5.04. The van der Waals surface area contributed by atoms with Crippen molar-refractivity contribution in [2.24, 2.45) is 0 Å². The molecule has 18 heavy (non-hydrogen) atoms. The number of rotatable bonds is 5. The van der Waals surface area contributed by atoms with E-state index >= 15 is 0 Å². The Hall–Kier alpha value is -1.55. The van der Waals surface area contributed by atoms with Crippen molar-refractivity contribution in [3.8, 4) is 5.88 Å². The normalized spacial score (nSPS) is 12.2. The van der Waals surface area contributed by atoms with Crippen molar-refractivity contribution in [3.63, 3.8) is 0 Å². The molecule has 4 heteroatoms. The van der Waals surface area contributed by atoms with Crippen LogP contribution in [0, 0.1) is 0 Å². The molecule has 1 unspecified atom stereocenters. The van der Waals surface area contributed by atoms with E-state index in [-0.39, 0.29) is 0 Å². The molecule has 0 aromatic carbocycles. The van der Waals surface area contributed by atoms with E-state index in [4.69, 9.17) is 4.74 Å². The van der Waals surface area contributed by atoms with Crippen LogP contribution in [-0.2, 0) is 6.42 Å². The molecule has 2 rings (SSSR count). The highest BCUT2D eigenvalue weighted by Crippen LogP contribution is 2.26. The van der Waals surface area contributed by atoms with Gasteiger partial charge in [-0.1, -0.05) is 6.92 Å². The summed E-state index contributed by atoms with van der Waals surface area (Å²) >= 11 is 1.86. The molecule has 2 aromatic rings. The Balaban J connectivity index is 2.03. The molecule has 0 aliphatic rings. The predicted octanol–water partition coefficient (Wildman–Crippen LogP) is 3.89. The Morgan fingerprint density at radius 1 is 1.33 bits per heavy atom. The van der Waals surface area contributed by atoms with Crippen molar-refractivity contribution in [3.05, 3.63) is 40.2 Å². The van der Waals surface area contributed by atoms with Crippen LogP contribution < -0.4 is 10.1 Å². The number of methoxy groups -OCH3 is 1. The number of nitrogens with zero attached hydrogens (tertiary/aromatic N) is 1. The van der Waals surface area contributed by atoms with Gasteiger partial charge >= 0.3 is 0 Å². The first kappa shape index (κ1) is 12.9. The molecule has 0 fully saturated rings. The predicted molar refractivity (Wildman–Crippen MR) is 76.5 cm³/mol. The standard InChI is InChI=1S/C14H18N2OS/c1-4-12-6-7-13(18-12)10(2)16-11-5-8-14(17-3)15-9-11/h5-10,16H,4H2,1-3H3. The van der Waals surface area contributed by atoms with Crippen LogP contribution in [-0.4, -0.2) is 12.1 Å². The maximum atomic E-state index is 5.04. The molecule has 2 aromatic heterocycles. The molecule has 2 heterocycles. The van der Waals surface area contributed by atoms with Crippen molar-refractivity contribution in [2.45, 2.75) is 26.3 Å². The van der Waals surface area contributed by atoms with Gasteiger partial charge in [-0.05, 0) is 31.5 Å². The number of nitrogens with one attached hydrogen (secondary N) is 1. The van der Waals surface area contributed by atoms with Gasteiger partial charge in [0.15, 0.2) is 0 Å². The second-order valence-corrected chi connectivity index (χ2v) is 5.31. The summed E-state index contributed by atoms with van der Waals surface area (Å²) in [6, 6.07) is 8.53. The van der Waals surface area contributed by atoms with E-state index in [2.05, 4.69) is 36.3 Å². The first-order valence-electron chi connectivity index (χ1n) is 6.08. The molecule has 0 bridgehead atoms. The van der Waals surface area contributed by atoms with Gasteiger partial charge in [0.25, 0.3) is 0 Å². The third-order valence-corrected chi connectivity index (χ3v) is 4.20. The Bertz CT molecular complexity index is 493. The Morgan fingerprint density at radius 2 is 2.17 bits per heavy atom. The zero-order valence-electron chi connectivity index (χ0n) is 10.9. The van der Waals surface area contributed by atoms with E-state index in [9.17, 15) is 0 Å². The number of pyridine rings is 1. The molecule has 1 N–H and O–H groups in total. The van der Waals surface area contributed by atoms with Crippen molar-refractivity contribution in [1.82, 2.24) is 4.98 Å². The van der Waals surface area contributed by atoms with Crippen LogP contribution in [0.5, 0.6) is 5.88 Å². The van der Waals surface area contributed by atoms with Crippen molar-refractivity contribution in [1.29, 1.82) is 0 Å². The summed E-state index contributed by atoms with van der Waals surface area (Å²) in [5.41, 5.74) is 1.01. The molecule has 0 spiro atoms. The van der Waals surface area contributed by atoms with Crippen LogP contribution >= 0.6 is 11.3 Å². The van der Waals surface area contributed by atoms with Gasteiger partial charge in [-0.2, -0.15) is 0 Å². The second-order valence-electron chi connectivity index (χ2n) is 4.11. The maximum Gasteiger partial charge on any atom is 0.213 e. The van der Waals surface area contributed by atoms with Gasteiger partial charge in [0.05, 0.1) is 25.0 Å². The van der Waals surface area contributed by atoms with Crippen LogP contribution in [0.25, 0.3) is 0 Å². The molecule has 0 saturated heterocycles. The number of thiophene rings is 1. The average molecular weight is 262 g/mol. The van der Waals surface area contributed by atoms with E-state index in [1.165, 1.54) is 9.75 Å². The molecular weight excluding hydrogens is 244 g/mol. The number of hydrogen-bond acceptors (Lipinski definition) is 4. The highest BCUT2D eigenvalue weighted by molar-refractivity contribution is 7.12. The van der Waals surface area contributed by atoms with Gasteiger partial charge in [0.2, 0.25) is 5.88 Å². The lowest BCUT2D eigenvalue weighted by atomic mass is 10.2. The van der Waals surface area contributed by atoms with Crippen LogP contribution in [0.4, 0.5) is 5.69 Å². The fourth-order valence-corrected chi connectivity index (χ4v) is 2.68. The van der Waals surface area contributed by atoms with Crippen molar-refractivity contribution in [2.75, 3.05) is 12.4 Å². The Labute approximate surface area is 112 Å². The van der Waals surface area contributed by atoms with E-state index in [0.717, 1.165) is 12.1 Å². The lowest BCUT2D eigenvalue weighted by Gasteiger charge is -2.13. The smallest absolute Gasteiger partial charge is 0.213 e. The minimum absolute atomic E-state index is 0.297. The summed E-state index contributed by atoms with van der Waals surface area (Å²) in [5, 5.41) is 3.44. The van der Waals surface area contributed by atoms with Gasteiger partial charge in [-0.25, -0.2) is 4.98 Å². The molecule has 0 aliphatic carbocycles. The van der Waals surface area contributed by atoms with Gasteiger partial charge in [-0.15, -0.1) is 11.3 Å². The van der Waals surface area contributed by atoms with Crippen LogP contribution in [0.2, 0.25) is 0 Å². The number of hydrogen-bond donors (Lipinski definition) is 1. The molecule has 0 aliphatic heterocycles. The molecular formula is C14H18N2OS. The quantitative estimate of drug-likeness (QED) is 0.887. The monoisotopic (exact) mass is 262 g/mol. The van der Waals surface area contributed by atoms with Crippen LogP contribution in [0.3, 0.4) is 0 Å². The summed E-state index contributed by atoms with van der Waals surface area (Å²) in [6.45, 7) is 4.34. The summed E-state index contributed by atoms with van der Waals surface area (Å²) in [6.07, 6.45) is 2.89. The molecule has 0 radical (unpaired) electrons. The first-order valence-corrected chi connectivity index (χ1v) is 6.89. The molecule has 0 saturated carbocycles. The van der Waals surface area contributed by atoms with Crippen molar-refractivity contribution < 1.29 is 4.74 Å². The van der Waals surface area contributed by atoms with Gasteiger partial charge < -0.3 is 10.1 Å². The van der Waals surface area contributed by atoms with Gasteiger partial charge in [0, 0.05) is 15.8 Å². The lowest BCUT2D eigenvalue weighted by molar-refractivity contribution is 0.398. The summed E-state index contributed by atoms with van der Waals surface area (Å²) in [5.74, 6) is 0.637. The highest BCUT2D eigenvalue weighted by atomic mass is 32.1. The van der Waals surface area contributed by atoms with Crippen molar-refractivity contribution >= 4 is 17.0 Å². The zero-order chi connectivity index (χ0) is 13.0. The van der Waals surface area contributed by atoms with Gasteiger partial charge in [0.1, 0.15) is 0 Å². The topological polar surface area (TPSA) is 34.1 Å². The largest absolute Gasteiger partial charge is 0.481 e. The average Bonchev–Trinajstić information content (AvgIpc) is 2.88. The van der Waals surface area contributed by atoms with Gasteiger partial charge in [-0.3, -0.25) is 0 Å². The number of aryl methyl sites for hydroxylation is 1. The number of anilines is 1. The van der Waals surface area contributed by atoms with E-state index in [0.29, 0.717) is 11.9 Å². The van der Waals surface area contributed by atoms with Crippen LogP contribution in [0.15, 0.2) is 30.5 Å². The second kappa shape index (κ2) is 5.87. The third kappa shape index (κ3) is 3.01. The van der Waals surface area contributed by atoms with Crippen LogP contribution in [0.1, 0.15) is 29.6 Å². The molecule has 0 amide bonds. The summed E-state index contributed by atoms with van der Waals surface area (Å²) in [4.78, 5) is 6.96. The fraction of sp³-hybridized carbons (Fsp3) is 0.357. The Morgan fingerprint density at radius 3 is 2.72 bits per heavy atom. The number of aromatic nitrogens is 1.